The van der Waals surface area contributed by atoms with Crippen LogP contribution in [0.1, 0.15) is 15.9 Å². The number of benzene rings is 1. The normalized spacial score (nSPS) is 10.8. The van der Waals surface area contributed by atoms with E-state index in [0.29, 0.717) is 12.0 Å². The molecule has 7 heteroatoms. The Balaban J connectivity index is 2.88. The van der Waals surface area contributed by atoms with Crippen LogP contribution in [-0.4, -0.2) is 39.6 Å². The molecule has 0 amide bonds. The van der Waals surface area contributed by atoms with Gasteiger partial charge in [0.15, 0.2) is 5.79 Å². The fourth-order valence-corrected chi connectivity index (χ4v) is 1.74. The van der Waals surface area contributed by atoms with E-state index in [-0.39, 0.29) is 6.54 Å². The first-order chi connectivity index (χ1) is 9.60. The van der Waals surface area contributed by atoms with Crippen LogP contribution in [0.5, 0.6) is 0 Å². The van der Waals surface area contributed by atoms with Crippen LogP contribution in [0.25, 0.3) is 10.4 Å². The Morgan fingerprint density at radius 1 is 1.25 bits per heavy atom. The highest BCUT2D eigenvalue weighted by Crippen LogP contribution is 2.20. The first-order valence-electron chi connectivity index (χ1n) is 5.89. The summed E-state index contributed by atoms with van der Waals surface area (Å²) in [7, 11) is 4.30. The van der Waals surface area contributed by atoms with Crippen LogP contribution in [0.4, 0.5) is 0 Å². The SMILES string of the molecule is COC(=O)c1ccc(CC(CN=[N+]=[N-])(OC)OC)cc1. The van der Waals surface area contributed by atoms with Crippen molar-refractivity contribution in [1.82, 2.24) is 0 Å². The van der Waals surface area contributed by atoms with Gasteiger partial charge >= 0.3 is 5.97 Å². The number of methoxy groups -OCH3 is 3. The summed E-state index contributed by atoms with van der Waals surface area (Å²) in [6.07, 6.45) is 0.389. The number of ether oxygens (including phenoxy) is 3. The molecule has 1 aromatic rings. The topological polar surface area (TPSA) is 93.5 Å². The van der Waals surface area contributed by atoms with Crippen molar-refractivity contribution in [3.8, 4) is 0 Å². The fourth-order valence-electron chi connectivity index (χ4n) is 1.74. The molecule has 1 aromatic carbocycles. The van der Waals surface area contributed by atoms with Gasteiger partial charge < -0.3 is 14.2 Å². The molecule has 0 atom stereocenters. The van der Waals surface area contributed by atoms with E-state index in [1.807, 2.05) is 0 Å². The number of azide groups is 1. The largest absolute Gasteiger partial charge is 0.465 e. The first-order valence-corrected chi connectivity index (χ1v) is 5.89. The van der Waals surface area contributed by atoms with Crippen LogP contribution in [0.15, 0.2) is 29.4 Å². The van der Waals surface area contributed by atoms with E-state index in [4.69, 9.17) is 15.0 Å². The van der Waals surface area contributed by atoms with Crippen LogP contribution in [0, 0.1) is 0 Å². The highest BCUT2D eigenvalue weighted by atomic mass is 16.7. The number of nitrogens with zero attached hydrogens (tertiary/aromatic N) is 3. The average Bonchev–Trinajstić information content (AvgIpc) is 2.51. The third-order valence-electron chi connectivity index (χ3n) is 2.97. The van der Waals surface area contributed by atoms with Crippen molar-refractivity contribution in [3.05, 3.63) is 45.8 Å². The highest BCUT2D eigenvalue weighted by Gasteiger charge is 2.29. The molecule has 0 fully saturated rings. The van der Waals surface area contributed by atoms with Gasteiger partial charge in [-0.15, -0.1) is 0 Å². The van der Waals surface area contributed by atoms with Gasteiger partial charge in [-0.05, 0) is 23.2 Å². The summed E-state index contributed by atoms with van der Waals surface area (Å²) < 4.78 is 15.3. The van der Waals surface area contributed by atoms with Gasteiger partial charge in [0.05, 0.1) is 19.2 Å². The van der Waals surface area contributed by atoms with Gasteiger partial charge in [-0.25, -0.2) is 4.79 Å². The second kappa shape index (κ2) is 7.49. The molecule has 108 valence electrons. The third kappa shape index (κ3) is 3.96. The van der Waals surface area contributed by atoms with Crippen molar-refractivity contribution in [1.29, 1.82) is 0 Å². The second-order valence-corrected chi connectivity index (χ2v) is 4.07. The van der Waals surface area contributed by atoms with E-state index in [9.17, 15) is 4.79 Å². The molecule has 0 aliphatic heterocycles. The van der Waals surface area contributed by atoms with E-state index in [1.165, 1.54) is 21.3 Å². The summed E-state index contributed by atoms with van der Waals surface area (Å²) in [5, 5.41) is 3.50. The molecule has 0 spiro atoms. The maximum Gasteiger partial charge on any atom is 0.337 e. The highest BCUT2D eigenvalue weighted by molar-refractivity contribution is 5.89. The molecule has 1 rings (SSSR count). The second-order valence-electron chi connectivity index (χ2n) is 4.07. The van der Waals surface area contributed by atoms with Crippen LogP contribution < -0.4 is 0 Å². The monoisotopic (exact) mass is 279 g/mol. The van der Waals surface area contributed by atoms with E-state index >= 15 is 0 Å². The maximum atomic E-state index is 11.3. The van der Waals surface area contributed by atoms with E-state index in [1.54, 1.807) is 24.3 Å². The third-order valence-corrected chi connectivity index (χ3v) is 2.97. The minimum absolute atomic E-state index is 0.0508. The Kier molecular flexibility index (Phi) is 5.99. The Bertz CT molecular complexity index is 491. The lowest BCUT2D eigenvalue weighted by atomic mass is 10.0. The average molecular weight is 279 g/mol. The quantitative estimate of drug-likeness (QED) is 0.251. The Labute approximate surface area is 117 Å². The van der Waals surface area contributed by atoms with Gasteiger partial charge in [-0.3, -0.25) is 0 Å². The van der Waals surface area contributed by atoms with Crippen molar-refractivity contribution < 1.29 is 19.0 Å². The minimum atomic E-state index is -1.01. The molecule has 0 saturated carbocycles. The van der Waals surface area contributed by atoms with Crippen LogP contribution in [0.3, 0.4) is 0 Å². The molecule has 0 aromatic heterocycles. The number of rotatable bonds is 7. The lowest BCUT2D eigenvalue weighted by Gasteiger charge is -2.29. The number of carbonyl (C=O) groups excluding carboxylic acids is 1. The van der Waals surface area contributed by atoms with Gasteiger partial charge in [-0.1, -0.05) is 17.2 Å². The molecule has 0 aliphatic carbocycles. The molecule has 0 radical (unpaired) electrons. The van der Waals surface area contributed by atoms with Gasteiger partial charge in [0, 0.05) is 25.6 Å². The van der Waals surface area contributed by atoms with E-state index < -0.39 is 11.8 Å². The summed E-state index contributed by atoms with van der Waals surface area (Å²) in [6, 6.07) is 6.86. The van der Waals surface area contributed by atoms with Crippen LogP contribution in [-0.2, 0) is 20.6 Å². The molecule has 7 nitrogen and oxygen atoms in total. The van der Waals surface area contributed by atoms with Crippen molar-refractivity contribution in [3.63, 3.8) is 0 Å². The van der Waals surface area contributed by atoms with E-state index in [2.05, 4.69) is 14.8 Å². The summed E-state index contributed by atoms with van der Waals surface area (Å²) in [5.41, 5.74) is 9.76. The molecule has 0 heterocycles. The summed E-state index contributed by atoms with van der Waals surface area (Å²) in [5.74, 6) is -1.41. The summed E-state index contributed by atoms with van der Waals surface area (Å²) >= 11 is 0. The lowest BCUT2D eigenvalue weighted by molar-refractivity contribution is -0.197. The zero-order chi connectivity index (χ0) is 15.0. The number of esters is 1. The first kappa shape index (κ1) is 16.0. The molecular weight excluding hydrogens is 262 g/mol. The van der Waals surface area contributed by atoms with Crippen molar-refractivity contribution in [2.24, 2.45) is 5.11 Å². The number of carbonyl (C=O) groups is 1. The molecule has 0 saturated heterocycles. The molecule has 0 N–H and O–H groups in total. The zero-order valence-electron chi connectivity index (χ0n) is 11.7. The molecule has 20 heavy (non-hydrogen) atoms. The molecule has 0 bridgehead atoms. The smallest absolute Gasteiger partial charge is 0.337 e. The summed E-state index contributed by atoms with van der Waals surface area (Å²) in [6.45, 7) is 0.0508. The van der Waals surface area contributed by atoms with Gasteiger partial charge in [0.25, 0.3) is 0 Å². The minimum Gasteiger partial charge on any atom is -0.465 e. The molecular formula is C13H17N3O4. The summed E-state index contributed by atoms with van der Waals surface area (Å²) in [4.78, 5) is 14.0. The van der Waals surface area contributed by atoms with Gasteiger partial charge in [0.2, 0.25) is 0 Å². The van der Waals surface area contributed by atoms with Crippen molar-refractivity contribution in [2.75, 3.05) is 27.9 Å². The number of hydrogen-bond donors (Lipinski definition) is 0. The van der Waals surface area contributed by atoms with Crippen LogP contribution >= 0.6 is 0 Å². The predicted octanol–water partition coefficient (Wildman–Crippen LogP) is 2.32. The molecule has 0 aliphatic rings. The standard InChI is InChI=1S/C13H17N3O4/c1-18-12(17)11-6-4-10(5-7-11)8-13(19-2,20-3)9-15-16-14/h4-7H,8-9H2,1-3H3. The zero-order valence-corrected chi connectivity index (χ0v) is 11.7. The Morgan fingerprint density at radius 2 is 1.85 bits per heavy atom. The van der Waals surface area contributed by atoms with Gasteiger partial charge in [-0.2, -0.15) is 0 Å². The predicted molar refractivity (Wildman–Crippen MR) is 72.2 cm³/mol. The van der Waals surface area contributed by atoms with Gasteiger partial charge in [0.1, 0.15) is 0 Å². The van der Waals surface area contributed by atoms with E-state index in [0.717, 1.165) is 5.56 Å². The maximum absolute atomic E-state index is 11.3. The van der Waals surface area contributed by atoms with Crippen LogP contribution in [0.2, 0.25) is 0 Å². The molecule has 0 unspecified atom stereocenters. The lowest BCUT2D eigenvalue weighted by Crippen LogP contribution is -2.39. The van der Waals surface area contributed by atoms with Crippen molar-refractivity contribution in [2.45, 2.75) is 12.2 Å². The van der Waals surface area contributed by atoms with Crippen molar-refractivity contribution >= 4 is 5.97 Å². The Morgan fingerprint density at radius 3 is 2.30 bits per heavy atom. The number of hydrogen-bond acceptors (Lipinski definition) is 5. The fraction of sp³-hybridized carbons (Fsp3) is 0.462. The Hall–Kier alpha value is -2.08.